The van der Waals surface area contributed by atoms with Crippen LogP contribution in [0.25, 0.3) is 0 Å². The minimum absolute atomic E-state index is 0.245. The summed E-state index contributed by atoms with van der Waals surface area (Å²) in [5.74, 6) is 0.0160. The highest BCUT2D eigenvalue weighted by Crippen LogP contribution is 2.11. The van der Waals surface area contributed by atoms with Gasteiger partial charge in [0.2, 0.25) is 0 Å². The fourth-order valence-corrected chi connectivity index (χ4v) is 1.67. The highest BCUT2D eigenvalue weighted by atomic mass is 16.5. The van der Waals surface area contributed by atoms with E-state index in [9.17, 15) is 9.59 Å². The van der Waals surface area contributed by atoms with Gasteiger partial charge in [0.1, 0.15) is 12.4 Å². The van der Waals surface area contributed by atoms with E-state index < -0.39 is 0 Å². The van der Waals surface area contributed by atoms with Crippen LogP contribution in [0.5, 0.6) is 0 Å². The number of ketones is 1. The van der Waals surface area contributed by atoms with E-state index >= 15 is 0 Å². The molecule has 0 bridgehead atoms. The number of esters is 1. The first kappa shape index (κ1) is 17.6. The van der Waals surface area contributed by atoms with Crippen molar-refractivity contribution in [2.45, 2.75) is 59.8 Å². The lowest BCUT2D eigenvalue weighted by Crippen LogP contribution is -1.98. The van der Waals surface area contributed by atoms with Crippen molar-refractivity contribution in [3.05, 3.63) is 23.3 Å². The van der Waals surface area contributed by atoms with Gasteiger partial charge >= 0.3 is 5.97 Å². The maximum Gasteiger partial charge on any atom is 0.302 e. The summed E-state index contributed by atoms with van der Waals surface area (Å²) in [5, 5.41) is 0. The molecule has 0 fully saturated rings. The number of carbonyl (C=O) groups excluding carboxylic acids is 2. The van der Waals surface area contributed by atoms with Crippen LogP contribution < -0.4 is 0 Å². The quantitative estimate of drug-likeness (QED) is 0.468. The van der Waals surface area contributed by atoms with Crippen molar-refractivity contribution in [3.63, 3.8) is 0 Å². The molecule has 0 radical (unpaired) electrons. The predicted octanol–water partition coefficient (Wildman–Crippen LogP) is 3.98. The third-order valence-corrected chi connectivity index (χ3v) is 2.85. The molecule has 108 valence electrons. The van der Waals surface area contributed by atoms with Gasteiger partial charge in [-0.05, 0) is 52.5 Å². The van der Waals surface area contributed by atoms with Crippen LogP contribution in [0.3, 0.4) is 0 Å². The zero-order chi connectivity index (χ0) is 14.7. The van der Waals surface area contributed by atoms with E-state index in [1.54, 1.807) is 6.92 Å². The Hall–Kier alpha value is -1.38. The SMILES string of the molecule is CC(=O)CCCC(C)=CCCC(C)=CCOC(C)=O. The van der Waals surface area contributed by atoms with Crippen LogP contribution in [-0.4, -0.2) is 18.4 Å². The number of rotatable bonds is 9. The van der Waals surface area contributed by atoms with E-state index in [4.69, 9.17) is 4.74 Å². The Bertz CT molecular complexity index is 351. The fraction of sp³-hybridized carbons (Fsp3) is 0.625. The standard InChI is InChI=1S/C16H26O3/c1-13(9-6-10-15(3)17)7-5-8-14(2)11-12-19-16(4)18/h7,11H,5-6,8-10,12H2,1-4H3. The summed E-state index contributed by atoms with van der Waals surface area (Å²) in [6.07, 6.45) is 8.75. The summed E-state index contributed by atoms with van der Waals surface area (Å²) in [6.45, 7) is 7.57. The van der Waals surface area contributed by atoms with Crippen LogP contribution >= 0.6 is 0 Å². The highest BCUT2D eigenvalue weighted by molar-refractivity contribution is 5.75. The van der Waals surface area contributed by atoms with Gasteiger partial charge in [-0.2, -0.15) is 0 Å². The summed E-state index contributed by atoms with van der Waals surface area (Å²) >= 11 is 0. The smallest absolute Gasteiger partial charge is 0.302 e. The molecule has 3 heteroatoms. The van der Waals surface area contributed by atoms with E-state index in [0.717, 1.165) is 25.7 Å². The van der Waals surface area contributed by atoms with E-state index in [1.165, 1.54) is 18.1 Å². The van der Waals surface area contributed by atoms with E-state index in [0.29, 0.717) is 13.0 Å². The van der Waals surface area contributed by atoms with E-state index in [-0.39, 0.29) is 11.8 Å². The molecule has 0 aromatic carbocycles. The number of ether oxygens (including phenoxy) is 1. The zero-order valence-electron chi connectivity index (χ0n) is 12.6. The first-order valence-electron chi connectivity index (χ1n) is 6.86. The second kappa shape index (κ2) is 10.5. The normalized spacial score (nSPS) is 12.4. The molecule has 0 aromatic rings. The molecule has 19 heavy (non-hydrogen) atoms. The summed E-state index contributed by atoms with van der Waals surface area (Å²) in [4.78, 5) is 21.4. The minimum Gasteiger partial charge on any atom is -0.462 e. The van der Waals surface area contributed by atoms with Gasteiger partial charge in [-0.25, -0.2) is 0 Å². The second-order valence-corrected chi connectivity index (χ2v) is 5.00. The van der Waals surface area contributed by atoms with Gasteiger partial charge in [0.25, 0.3) is 0 Å². The van der Waals surface area contributed by atoms with Crippen LogP contribution in [0.1, 0.15) is 59.8 Å². The van der Waals surface area contributed by atoms with Crippen molar-refractivity contribution < 1.29 is 14.3 Å². The molecule has 0 heterocycles. The highest BCUT2D eigenvalue weighted by Gasteiger charge is 1.96. The lowest BCUT2D eigenvalue weighted by Gasteiger charge is -2.02. The largest absolute Gasteiger partial charge is 0.462 e. The summed E-state index contributed by atoms with van der Waals surface area (Å²) in [7, 11) is 0. The van der Waals surface area contributed by atoms with Crippen LogP contribution in [0.15, 0.2) is 23.3 Å². The minimum atomic E-state index is -0.245. The molecular formula is C16H26O3. The molecule has 3 nitrogen and oxygen atoms in total. The average Bonchev–Trinajstić information content (AvgIpc) is 2.27. The van der Waals surface area contributed by atoms with Gasteiger partial charge in [-0.3, -0.25) is 4.79 Å². The molecule has 0 amide bonds. The first-order chi connectivity index (χ1) is 8.91. The number of Topliss-reactive ketones (excluding diaryl/α,β-unsaturated/α-hetero) is 1. The number of hydrogen-bond donors (Lipinski definition) is 0. The molecule has 0 aromatic heterocycles. The van der Waals surface area contributed by atoms with Gasteiger partial charge in [-0.15, -0.1) is 0 Å². The van der Waals surface area contributed by atoms with Crippen LogP contribution in [0.4, 0.5) is 0 Å². The Morgan fingerprint density at radius 1 is 0.895 bits per heavy atom. The van der Waals surface area contributed by atoms with Crippen molar-refractivity contribution in [2.24, 2.45) is 0 Å². The van der Waals surface area contributed by atoms with E-state index in [2.05, 4.69) is 13.0 Å². The molecular weight excluding hydrogens is 240 g/mol. The first-order valence-corrected chi connectivity index (χ1v) is 6.86. The molecule has 0 saturated carbocycles. The maximum atomic E-state index is 10.8. The summed E-state index contributed by atoms with van der Waals surface area (Å²) in [5.41, 5.74) is 2.57. The van der Waals surface area contributed by atoms with Crippen molar-refractivity contribution in [1.29, 1.82) is 0 Å². The number of allylic oxidation sites excluding steroid dienone is 3. The monoisotopic (exact) mass is 266 g/mol. The lowest BCUT2D eigenvalue weighted by atomic mass is 10.1. The lowest BCUT2D eigenvalue weighted by molar-refractivity contribution is -0.139. The molecule has 0 aliphatic carbocycles. The van der Waals surface area contributed by atoms with Crippen molar-refractivity contribution >= 4 is 11.8 Å². The van der Waals surface area contributed by atoms with Crippen molar-refractivity contribution in [3.8, 4) is 0 Å². The zero-order valence-corrected chi connectivity index (χ0v) is 12.6. The van der Waals surface area contributed by atoms with Crippen molar-refractivity contribution in [2.75, 3.05) is 6.61 Å². The Balaban J connectivity index is 3.80. The molecule has 0 spiro atoms. The van der Waals surface area contributed by atoms with E-state index in [1.807, 2.05) is 13.0 Å². The Labute approximate surface area is 116 Å². The number of carbonyl (C=O) groups is 2. The van der Waals surface area contributed by atoms with Gasteiger partial charge in [0.15, 0.2) is 0 Å². The van der Waals surface area contributed by atoms with Gasteiger partial charge in [-0.1, -0.05) is 17.2 Å². The maximum absolute atomic E-state index is 10.8. The molecule has 0 N–H and O–H groups in total. The van der Waals surface area contributed by atoms with Crippen LogP contribution in [0.2, 0.25) is 0 Å². The Morgan fingerprint density at radius 3 is 2.11 bits per heavy atom. The summed E-state index contributed by atoms with van der Waals surface area (Å²) < 4.78 is 4.85. The van der Waals surface area contributed by atoms with Gasteiger partial charge < -0.3 is 9.53 Å². The molecule has 0 atom stereocenters. The third-order valence-electron chi connectivity index (χ3n) is 2.85. The summed E-state index contributed by atoms with van der Waals surface area (Å²) in [6, 6.07) is 0. The molecule has 0 unspecified atom stereocenters. The Morgan fingerprint density at radius 2 is 1.53 bits per heavy atom. The molecule has 0 rings (SSSR count). The van der Waals surface area contributed by atoms with Gasteiger partial charge in [0.05, 0.1) is 0 Å². The topological polar surface area (TPSA) is 43.4 Å². The molecule has 0 saturated heterocycles. The van der Waals surface area contributed by atoms with Crippen molar-refractivity contribution in [1.82, 2.24) is 0 Å². The van der Waals surface area contributed by atoms with Crippen LogP contribution in [0, 0.1) is 0 Å². The Kier molecular flexibility index (Phi) is 9.77. The predicted molar refractivity (Wildman–Crippen MR) is 77.9 cm³/mol. The average molecular weight is 266 g/mol. The second-order valence-electron chi connectivity index (χ2n) is 5.00. The van der Waals surface area contributed by atoms with Gasteiger partial charge in [0, 0.05) is 13.3 Å². The number of hydrogen-bond acceptors (Lipinski definition) is 3. The molecule has 0 aliphatic rings. The fourth-order valence-electron chi connectivity index (χ4n) is 1.67. The third kappa shape index (κ3) is 12.9. The van der Waals surface area contributed by atoms with Crippen LogP contribution in [-0.2, 0) is 14.3 Å². The molecule has 0 aliphatic heterocycles.